The summed E-state index contributed by atoms with van der Waals surface area (Å²) in [6.45, 7) is 8.47. The molecule has 2 aliphatic heterocycles. The molecule has 3 aliphatic rings. The van der Waals surface area contributed by atoms with Gasteiger partial charge in [-0.05, 0) is 55.8 Å². The number of guanidine groups is 1. The third kappa shape index (κ3) is 7.33. The SMILES string of the molecule is CC(C)C1CCCN(C(=NCC2CCS(=O)(=O)C2)NCC2CCCCC2)C1.I. The number of aliphatic imine (C=N–C) groups is 1. The maximum absolute atomic E-state index is 11.8. The van der Waals surface area contributed by atoms with Crippen molar-refractivity contribution in [2.75, 3.05) is 37.7 Å². The van der Waals surface area contributed by atoms with E-state index in [0.29, 0.717) is 24.0 Å². The molecule has 1 N–H and O–H groups in total. The summed E-state index contributed by atoms with van der Waals surface area (Å²) in [5.41, 5.74) is 0. The number of piperidine rings is 1. The van der Waals surface area contributed by atoms with E-state index in [1.54, 1.807) is 0 Å². The van der Waals surface area contributed by atoms with Crippen LogP contribution in [0.5, 0.6) is 0 Å². The minimum absolute atomic E-state index is 0. The van der Waals surface area contributed by atoms with Crippen molar-refractivity contribution in [3.05, 3.63) is 0 Å². The van der Waals surface area contributed by atoms with Crippen molar-refractivity contribution in [1.82, 2.24) is 10.2 Å². The number of hydrogen-bond acceptors (Lipinski definition) is 3. The third-order valence-electron chi connectivity index (χ3n) is 6.80. The maximum atomic E-state index is 11.8. The van der Waals surface area contributed by atoms with Crippen molar-refractivity contribution >= 4 is 39.8 Å². The second kappa shape index (κ2) is 11.4. The van der Waals surface area contributed by atoms with E-state index in [-0.39, 0.29) is 29.9 Å². The molecule has 3 rings (SSSR count). The van der Waals surface area contributed by atoms with Crippen LogP contribution in [0.1, 0.15) is 65.2 Å². The lowest BCUT2D eigenvalue weighted by Crippen LogP contribution is -2.48. The van der Waals surface area contributed by atoms with Crippen LogP contribution in [0.15, 0.2) is 4.99 Å². The molecule has 0 spiro atoms. The van der Waals surface area contributed by atoms with Crippen LogP contribution in [0.25, 0.3) is 0 Å². The zero-order valence-electron chi connectivity index (χ0n) is 17.7. The standard InChI is InChI=1S/C21H39N3O2S.HI/c1-17(2)20-9-6-11-24(15-20)21(22-13-18-7-4-3-5-8-18)23-14-19-10-12-27(25,26)16-19;/h17-20H,3-16H2,1-2H3,(H,22,23);1H. The second-order valence-corrected chi connectivity index (χ2v) is 11.6. The van der Waals surface area contributed by atoms with Gasteiger partial charge in [0.1, 0.15) is 0 Å². The minimum Gasteiger partial charge on any atom is -0.356 e. The van der Waals surface area contributed by atoms with Crippen molar-refractivity contribution in [3.8, 4) is 0 Å². The number of halogens is 1. The summed E-state index contributed by atoms with van der Waals surface area (Å²) in [7, 11) is -2.82. The first-order chi connectivity index (χ1) is 12.9. The summed E-state index contributed by atoms with van der Waals surface area (Å²) in [6, 6.07) is 0. The first kappa shape index (κ1) is 24.2. The first-order valence-electron chi connectivity index (χ1n) is 11.2. The van der Waals surface area contributed by atoms with Crippen LogP contribution in [0, 0.1) is 23.7 Å². The third-order valence-corrected chi connectivity index (χ3v) is 8.64. The molecule has 0 aromatic heterocycles. The van der Waals surface area contributed by atoms with E-state index in [1.807, 2.05) is 0 Å². The van der Waals surface area contributed by atoms with Gasteiger partial charge in [0.25, 0.3) is 0 Å². The van der Waals surface area contributed by atoms with Gasteiger partial charge in [0.15, 0.2) is 15.8 Å². The maximum Gasteiger partial charge on any atom is 0.193 e. The monoisotopic (exact) mass is 525 g/mol. The van der Waals surface area contributed by atoms with E-state index >= 15 is 0 Å². The fourth-order valence-electron chi connectivity index (χ4n) is 4.87. The van der Waals surface area contributed by atoms with E-state index < -0.39 is 9.84 Å². The molecule has 2 heterocycles. The van der Waals surface area contributed by atoms with Crippen LogP contribution < -0.4 is 5.32 Å². The molecule has 0 bridgehead atoms. The summed E-state index contributed by atoms with van der Waals surface area (Å²) in [5.74, 6) is 4.10. The predicted octanol–water partition coefficient (Wildman–Crippen LogP) is 3.93. The van der Waals surface area contributed by atoms with Gasteiger partial charge in [-0.25, -0.2) is 8.42 Å². The molecule has 1 saturated carbocycles. The van der Waals surface area contributed by atoms with Gasteiger partial charge in [0.05, 0.1) is 11.5 Å². The lowest BCUT2D eigenvalue weighted by atomic mass is 9.88. The highest BCUT2D eigenvalue weighted by Crippen LogP contribution is 2.25. The minimum atomic E-state index is -2.82. The zero-order valence-corrected chi connectivity index (χ0v) is 20.9. The Morgan fingerprint density at radius 3 is 2.46 bits per heavy atom. The molecule has 3 fully saturated rings. The highest BCUT2D eigenvalue weighted by Gasteiger charge is 2.29. The van der Waals surface area contributed by atoms with Crippen molar-refractivity contribution in [2.24, 2.45) is 28.7 Å². The van der Waals surface area contributed by atoms with Crippen molar-refractivity contribution < 1.29 is 8.42 Å². The number of hydrogen-bond donors (Lipinski definition) is 1. The Morgan fingerprint density at radius 2 is 1.82 bits per heavy atom. The predicted molar refractivity (Wildman–Crippen MR) is 128 cm³/mol. The van der Waals surface area contributed by atoms with E-state index in [2.05, 4.69) is 24.1 Å². The fraction of sp³-hybridized carbons (Fsp3) is 0.952. The molecule has 28 heavy (non-hydrogen) atoms. The largest absolute Gasteiger partial charge is 0.356 e. The molecule has 5 nitrogen and oxygen atoms in total. The van der Waals surface area contributed by atoms with Gasteiger partial charge in [-0.1, -0.05) is 33.1 Å². The fourth-order valence-corrected chi connectivity index (χ4v) is 6.72. The molecule has 2 unspecified atom stereocenters. The normalized spacial score (nSPS) is 29.0. The highest BCUT2D eigenvalue weighted by atomic mass is 127. The highest BCUT2D eigenvalue weighted by molar-refractivity contribution is 14.0. The van der Waals surface area contributed by atoms with E-state index in [1.165, 1.54) is 44.9 Å². The molecule has 2 atom stereocenters. The summed E-state index contributed by atoms with van der Waals surface area (Å²) in [4.78, 5) is 7.39. The summed E-state index contributed by atoms with van der Waals surface area (Å²) >= 11 is 0. The first-order valence-corrected chi connectivity index (χ1v) is 13.0. The van der Waals surface area contributed by atoms with Crippen LogP contribution in [-0.4, -0.2) is 57.0 Å². The molecule has 164 valence electrons. The smallest absolute Gasteiger partial charge is 0.193 e. The topological polar surface area (TPSA) is 61.8 Å². The van der Waals surface area contributed by atoms with E-state index in [4.69, 9.17) is 4.99 Å². The van der Waals surface area contributed by atoms with Crippen molar-refractivity contribution in [3.63, 3.8) is 0 Å². The molecular formula is C21H40IN3O2S. The van der Waals surface area contributed by atoms with Gasteiger partial charge >= 0.3 is 0 Å². The molecule has 2 saturated heterocycles. The molecular weight excluding hydrogens is 485 g/mol. The quantitative estimate of drug-likeness (QED) is 0.336. The number of sulfone groups is 1. The molecule has 0 amide bonds. The van der Waals surface area contributed by atoms with Crippen LogP contribution in [0.3, 0.4) is 0 Å². The second-order valence-electron chi connectivity index (χ2n) is 9.41. The molecule has 1 aliphatic carbocycles. The molecule has 0 aromatic rings. The van der Waals surface area contributed by atoms with Gasteiger partial charge < -0.3 is 10.2 Å². The molecule has 0 aromatic carbocycles. The average Bonchev–Trinajstić information content (AvgIpc) is 3.01. The summed E-state index contributed by atoms with van der Waals surface area (Å²) in [5, 5.41) is 3.69. The van der Waals surface area contributed by atoms with Gasteiger partial charge in [-0.15, -0.1) is 24.0 Å². The van der Waals surface area contributed by atoms with Crippen molar-refractivity contribution in [1.29, 1.82) is 0 Å². The van der Waals surface area contributed by atoms with Gasteiger partial charge in [0.2, 0.25) is 0 Å². The lowest BCUT2D eigenvalue weighted by Gasteiger charge is -2.37. The van der Waals surface area contributed by atoms with E-state index in [9.17, 15) is 8.42 Å². The Labute approximate surface area is 189 Å². The zero-order chi connectivity index (χ0) is 19.3. The molecule has 7 heteroatoms. The summed E-state index contributed by atoms with van der Waals surface area (Å²) < 4.78 is 23.5. The Bertz CT molecular complexity index is 603. The lowest BCUT2D eigenvalue weighted by molar-refractivity contribution is 0.205. The number of nitrogens with zero attached hydrogens (tertiary/aromatic N) is 2. The Morgan fingerprint density at radius 1 is 1.07 bits per heavy atom. The van der Waals surface area contributed by atoms with Crippen molar-refractivity contribution in [2.45, 2.75) is 65.2 Å². The van der Waals surface area contributed by atoms with Crippen LogP contribution >= 0.6 is 24.0 Å². The average molecular weight is 526 g/mol. The van der Waals surface area contributed by atoms with Gasteiger partial charge in [-0.2, -0.15) is 0 Å². The molecule has 0 radical (unpaired) electrons. The van der Waals surface area contributed by atoms with Crippen LogP contribution in [0.2, 0.25) is 0 Å². The van der Waals surface area contributed by atoms with Gasteiger partial charge in [-0.3, -0.25) is 4.99 Å². The number of likely N-dealkylation sites (tertiary alicyclic amines) is 1. The van der Waals surface area contributed by atoms with Crippen LogP contribution in [0.4, 0.5) is 0 Å². The Kier molecular flexibility index (Phi) is 9.84. The van der Waals surface area contributed by atoms with E-state index in [0.717, 1.165) is 43.9 Å². The Hall–Kier alpha value is -0.0500. The van der Waals surface area contributed by atoms with Gasteiger partial charge in [0, 0.05) is 26.2 Å². The summed E-state index contributed by atoms with van der Waals surface area (Å²) in [6.07, 6.45) is 10.1. The van der Waals surface area contributed by atoms with Crippen LogP contribution in [-0.2, 0) is 9.84 Å². The Balaban J connectivity index is 0.00000280. The number of rotatable bonds is 5. The number of nitrogens with one attached hydrogen (secondary N) is 1.